The molecule has 20 heavy (non-hydrogen) atoms. The van der Waals surface area contributed by atoms with Crippen molar-refractivity contribution >= 4 is 0 Å². The first-order valence-electron chi connectivity index (χ1n) is 7.03. The fourth-order valence-corrected chi connectivity index (χ4v) is 2.38. The second-order valence-electron chi connectivity index (χ2n) is 5.63. The molecule has 0 fully saturated rings. The van der Waals surface area contributed by atoms with Gasteiger partial charge in [0, 0.05) is 6.04 Å². The quantitative estimate of drug-likeness (QED) is 0.907. The summed E-state index contributed by atoms with van der Waals surface area (Å²) in [6, 6.07) is 14.5. The molecule has 0 radical (unpaired) electrons. The molecule has 0 spiro atoms. The minimum absolute atomic E-state index is 0.0708. The van der Waals surface area contributed by atoms with Crippen LogP contribution in [0.3, 0.4) is 0 Å². The van der Waals surface area contributed by atoms with Crippen LogP contribution in [-0.4, -0.2) is 6.04 Å². The molecule has 0 aliphatic heterocycles. The van der Waals surface area contributed by atoms with E-state index < -0.39 is 0 Å². The summed E-state index contributed by atoms with van der Waals surface area (Å²) in [5.41, 5.74) is 10.9. The summed E-state index contributed by atoms with van der Waals surface area (Å²) in [6.07, 6.45) is -0.128. The Morgan fingerprint density at radius 3 is 1.90 bits per heavy atom. The number of aryl methyl sites for hydroxylation is 3. The molecule has 0 aliphatic rings. The van der Waals surface area contributed by atoms with E-state index in [1.165, 1.54) is 16.7 Å². The first kappa shape index (κ1) is 14.6. The van der Waals surface area contributed by atoms with Crippen LogP contribution < -0.4 is 10.5 Å². The van der Waals surface area contributed by atoms with E-state index in [1.807, 2.05) is 6.92 Å². The Bertz CT molecular complexity index is 552. The molecule has 2 aromatic carbocycles. The molecule has 2 rings (SSSR count). The van der Waals surface area contributed by atoms with E-state index in [4.69, 9.17) is 10.5 Å². The molecule has 2 nitrogen and oxygen atoms in total. The fraction of sp³-hybridized carbons (Fsp3) is 0.333. The van der Waals surface area contributed by atoms with E-state index in [9.17, 15) is 0 Å². The van der Waals surface area contributed by atoms with E-state index in [0.717, 1.165) is 11.3 Å². The van der Waals surface area contributed by atoms with Gasteiger partial charge in [0.25, 0.3) is 0 Å². The second-order valence-corrected chi connectivity index (χ2v) is 5.63. The normalized spacial score (nSPS) is 13.8. The van der Waals surface area contributed by atoms with Crippen LogP contribution in [0.1, 0.15) is 35.3 Å². The maximum atomic E-state index is 6.14. The molecule has 2 atom stereocenters. The van der Waals surface area contributed by atoms with Crippen LogP contribution in [0.15, 0.2) is 42.5 Å². The smallest absolute Gasteiger partial charge is 0.138 e. The van der Waals surface area contributed by atoms with Crippen LogP contribution in [0, 0.1) is 20.8 Å². The number of benzene rings is 2. The van der Waals surface area contributed by atoms with Crippen molar-refractivity contribution in [2.24, 2.45) is 5.73 Å². The lowest BCUT2D eigenvalue weighted by molar-refractivity contribution is 0.180. The van der Waals surface area contributed by atoms with Gasteiger partial charge in [-0.05, 0) is 56.5 Å². The first-order chi connectivity index (χ1) is 9.45. The third kappa shape index (κ3) is 3.61. The van der Waals surface area contributed by atoms with E-state index >= 15 is 0 Å². The summed E-state index contributed by atoms with van der Waals surface area (Å²) < 4.78 is 6.14. The minimum atomic E-state index is -0.128. The Kier molecular flexibility index (Phi) is 4.46. The van der Waals surface area contributed by atoms with E-state index in [-0.39, 0.29) is 12.1 Å². The summed E-state index contributed by atoms with van der Waals surface area (Å²) in [5, 5.41) is 0. The van der Waals surface area contributed by atoms with Gasteiger partial charge in [-0.2, -0.15) is 0 Å². The highest BCUT2D eigenvalue weighted by molar-refractivity contribution is 5.34. The number of rotatable bonds is 4. The third-order valence-electron chi connectivity index (χ3n) is 3.34. The molecule has 0 aliphatic carbocycles. The molecule has 2 heteroatoms. The van der Waals surface area contributed by atoms with Gasteiger partial charge < -0.3 is 10.5 Å². The van der Waals surface area contributed by atoms with Crippen molar-refractivity contribution in [3.8, 4) is 5.75 Å². The van der Waals surface area contributed by atoms with E-state index in [2.05, 4.69) is 63.2 Å². The molecule has 0 saturated heterocycles. The highest BCUT2D eigenvalue weighted by Gasteiger charge is 2.18. The molecule has 2 N–H and O–H groups in total. The fourth-order valence-electron chi connectivity index (χ4n) is 2.38. The zero-order valence-corrected chi connectivity index (χ0v) is 12.7. The van der Waals surface area contributed by atoms with Gasteiger partial charge >= 0.3 is 0 Å². The Labute approximate surface area is 121 Å². The van der Waals surface area contributed by atoms with Crippen LogP contribution in [-0.2, 0) is 0 Å². The average molecular weight is 269 g/mol. The largest absolute Gasteiger partial charge is 0.484 e. The molecule has 2 aromatic rings. The molecular weight excluding hydrogens is 246 g/mol. The molecular formula is C18H23NO. The lowest BCUT2D eigenvalue weighted by Gasteiger charge is -2.23. The molecule has 2 unspecified atom stereocenters. The van der Waals surface area contributed by atoms with Crippen molar-refractivity contribution in [2.75, 3.05) is 0 Å². The Balaban J connectivity index is 2.27. The zero-order chi connectivity index (χ0) is 14.7. The van der Waals surface area contributed by atoms with Crippen LogP contribution >= 0.6 is 0 Å². The van der Waals surface area contributed by atoms with E-state index in [1.54, 1.807) is 0 Å². The number of hydrogen-bond donors (Lipinski definition) is 1. The van der Waals surface area contributed by atoms with Crippen LogP contribution in [0.25, 0.3) is 0 Å². The monoisotopic (exact) mass is 269 g/mol. The molecule has 106 valence electrons. The molecule has 0 aromatic heterocycles. The predicted octanol–water partition coefficient (Wildman–Crippen LogP) is 4.08. The highest BCUT2D eigenvalue weighted by atomic mass is 16.5. The molecule has 0 amide bonds. The van der Waals surface area contributed by atoms with Crippen LogP contribution in [0.2, 0.25) is 0 Å². The van der Waals surface area contributed by atoms with Crippen molar-refractivity contribution < 1.29 is 4.74 Å². The molecule has 0 heterocycles. The number of ether oxygens (including phenoxy) is 1. The predicted molar refractivity (Wildman–Crippen MR) is 84.1 cm³/mol. The molecule has 0 bridgehead atoms. The number of nitrogens with two attached hydrogens (primary N) is 1. The third-order valence-corrected chi connectivity index (χ3v) is 3.34. The van der Waals surface area contributed by atoms with Crippen molar-refractivity contribution in [3.63, 3.8) is 0 Å². The lowest BCUT2D eigenvalue weighted by atomic mass is 10.0. The SMILES string of the molecule is Cc1ccc(C(Oc2cc(C)cc(C)c2)C(C)N)cc1. The summed E-state index contributed by atoms with van der Waals surface area (Å²) >= 11 is 0. The summed E-state index contributed by atoms with van der Waals surface area (Å²) in [6.45, 7) is 8.21. The average Bonchev–Trinajstić information content (AvgIpc) is 2.36. The first-order valence-corrected chi connectivity index (χ1v) is 7.03. The maximum absolute atomic E-state index is 6.14. The van der Waals surface area contributed by atoms with Gasteiger partial charge in [0.15, 0.2) is 0 Å². The maximum Gasteiger partial charge on any atom is 0.138 e. The Morgan fingerprint density at radius 1 is 0.850 bits per heavy atom. The topological polar surface area (TPSA) is 35.2 Å². The summed E-state index contributed by atoms with van der Waals surface area (Å²) in [5.74, 6) is 0.880. The van der Waals surface area contributed by atoms with E-state index in [0.29, 0.717) is 0 Å². The van der Waals surface area contributed by atoms with Gasteiger partial charge in [-0.25, -0.2) is 0 Å². The molecule has 0 saturated carbocycles. The van der Waals surface area contributed by atoms with Crippen LogP contribution in [0.5, 0.6) is 5.75 Å². The highest BCUT2D eigenvalue weighted by Crippen LogP contribution is 2.26. The van der Waals surface area contributed by atoms with Gasteiger partial charge in [-0.3, -0.25) is 0 Å². The second kappa shape index (κ2) is 6.10. The van der Waals surface area contributed by atoms with Gasteiger partial charge in [-0.15, -0.1) is 0 Å². The van der Waals surface area contributed by atoms with Crippen molar-refractivity contribution in [3.05, 3.63) is 64.7 Å². The van der Waals surface area contributed by atoms with Crippen molar-refractivity contribution in [2.45, 2.75) is 39.8 Å². The van der Waals surface area contributed by atoms with Gasteiger partial charge in [0.1, 0.15) is 11.9 Å². The van der Waals surface area contributed by atoms with Gasteiger partial charge in [0.05, 0.1) is 0 Å². The van der Waals surface area contributed by atoms with Gasteiger partial charge in [-0.1, -0.05) is 35.9 Å². The number of hydrogen-bond acceptors (Lipinski definition) is 2. The van der Waals surface area contributed by atoms with Crippen molar-refractivity contribution in [1.82, 2.24) is 0 Å². The zero-order valence-electron chi connectivity index (χ0n) is 12.7. The summed E-state index contributed by atoms with van der Waals surface area (Å²) in [4.78, 5) is 0. The Morgan fingerprint density at radius 2 is 1.40 bits per heavy atom. The minimum Gasteiger partial charge on any atom is -0.484 e. The Hall–Kier alpha value is -1.80. The van der Waals surface area contributed by atoms with Crippen molar-refractivity contribution in [1.29, 1.82) is 0 Å². The lowest BCUT2D eigenvalue weighted by Crippen LogP contribution is -2.29. The van der Waals surface area contributed by atoms with Crippen LogP contribution in [0.4, 0.5) is 0 Å². The van der Waals surface area contributed by atoms with Gasteiger partial charge in [0.2, 0.25) is 0 Å². The summed E-state index contributed by atoms with van der Waals surface area (Å²) in [7, 11) is 0. The standard InChI is InChI=1S/C18H23NO/c1-12-5-7-16(8-6-12)18(15(4)19)20-17-10-13(2)9-14(3)11-17/h5-11,15,18H,19H2,1-4H3.